The highest BCUT2D eigenvalue weighted by atomic mass is 31.0. The lowest BCUT2D eigenvalue weighted by Gasteiger charge is -2.27. The Bertz CT molecular complexity index is 1260. The molecule has 0 aliphatic carbocycles. The molecule has 0 saturated carbocycles. The minimum Gasteiger partial charge on any atom is -0.495 e. The Morgan fingerprint density at radius 2 is 1.14 bits per heavy atom. The molecule has 0 spiro atoms. The molecule has 2 aromatic carbocycles. The van der Waals surface area contributed by atoms with Gasteiger partial charge in [-0.1, -0.05) is 0 Å². The van der Waals surface area contributed by atoms with Crippen molar-refractivity contribution in [3.05, 3.63) is 24.3 Å². The maximum atomic E-state index is 12.2. The molecule has 0 aliphatic heterocycles. The molecule has 15 heteroatoms. The number of carbonyl (C=O) groups is 1. The van der Waals surface area contributed by atoms with Gasteiger partial charge in [0.15, 0.2) is 0 Å². The summed E-state index contributed by atoms with van der Waals surface area (Å²) in [6.45, 7) is 17.6. The van der Waals surface area contributed by atoms with Gasteiger partial charge in [0.25, 0.3) is 0 Å². The number of carbonyl (C=O) groups excluding carboxylic acids is 1. The second kappa shape index (κ2) is 24.1. The Labute approximate surface area is 309 Å². The average molecular weight is 716 g/mol. The zero-order chi connectivity index (χ0) is 38.1. The molecular weight excluding hydrogens is 649 g/mol. The number of anilines is 6. The number of rotatable bonds is 15. The molecule has 2 rings (SSSR count). The number of nitrogens with zero attached hydrogens (tertiary/aromatic N) is 4. The maximum Gasteiger partial charge on any atom is 0.412 e. The van der Waals surface area contributed by atoms with Crippen molar-refractivity contribution < 1.29 is 19.0 Å². The fourth-order valence-electron chi connectivity index (χ4n) is 4.44. The molecule has 0 heterocycles. The summed E-state index contributed by atoms with van der Waals surface area (Å²) in [5.74, 6) is 1.30. The van der Waals surface area contributed by atoms with Crippen LogP contribution in [0.2, 0.25) is 0 Å². The third-order valence-electron chi connectivity index (χ3n) is 6.78. The number of nitrogens with one attached hydrogen (secondary N) is 3. The van der Waals surface area contributed by atoms with Crippen LogP contribution in [-0.4, -0.2) is 132 Å². The van der Waals surface area contributed by atoms with Crippen LogP contribution in [0.25, 0.3) is 0 Å². The van der Waals surface area contributed by atoms with E-state index in [-0.39, 0.29) is 14.5 Å². The predicted octanol–water partition coefficient (Wildman–Crippen LogP) is 5.52. The number of ether oxygens (including phenoxy) is 3. The van der Waals surface area contributed by atoms with Gasteiger partial charge in [0.05, 0.1) is 55.9 Å². The fourth-order valence-corrected chi connectivity index (χ4v) is 4.44. The van der Waals surface area contributed by atoms with Crippen LogP contribution >= 0.6 is 9.12 Å². The smallest absolute Gasteiger partial charge is 0.412 e. The Balaban J connectivity index is 0. The Morgan fingerprint density at radius 1 is 0.740 bits per heavy atom. The first-order valence-electron chi connectivity index (χ1n) is 16.6. The lowest BCUT2D eigenvalue weighted by molar-refractivity contribution is 0.0635. The molecule has 0 aliphatic rings. The average Bonchev–Trinajstić information content (AvgIpc) is 2.98. The van der Waals surface area contributed by atoms with Gasteiger partial charge >= 0.3 is 6.09 Å². The minimum atomic E-state index is -0.567. The lowest BCUT2D eigenvalue weighted by atomic mass is 10.1. The molecule has 281 valence electrons. The third-order valence-corrected chi connectivity index (χ3v) is 6.78. The maximum absolute atomic E-state index is 12.2. The number of amides is 1. The molecule has 2 aromatic rings. The van der Waals surface area contributed by atoms with E-state index < -0.39 is 11.7 Å². The van der Waals surface area contributed by atoms with Crippen LogP contribution in [0.5, 0.6) is 11.5 Å². The first kappa shape index (κ1) is 48.9. The Hall–Kier alpha value is -3.21. The minimum absolute atomic E-state index is 0. The fraction of sp³-hybridized carbons (Fsp3) is 0.629. The molecule has 1 amide bonds. The van der Waals surface area contributed by atoms with E-state index in [0.29, 0.717) is 28.9 Å². The van der Waals surface area contributed by atoms with E-state index in [9.17, 15) is 4.79 Å². The number of methoxy groups -OCH3 is 2. The van der Waals surface area contributed by atoms with Crippen molar-refractivity contribution in [2.75, 3.05) is 114 Å². The molecule has 0 fully saturated rings. The van der Waals surface area contributed by atoms with Crippen LogP contribution in [-0.2, 0) is 4.74 Å². The van der Waals surface area contributed by atoms with Crippen LogP contribution in [0, 0.1) is 0 Å². The highest BCUT2D eigenvalue weighted by Gasteiger charge is 2.20. The molecule has 1 unspecified atom stereocenters. The van der Waals surface area contributed by atoms with Gasteiger partial charge in [-0.05, 0) is 88.8 Å². The van der Waals surface area contributed by atoms with Crippen molar-refractivity contribution in [3.8, 4) is 11.5 Å². The highest BCUT2D eigenvalue weighted by molar-refractivity contribution is 7.49. The van der Waals surface area contributed by atoms with Gasteiger partial charge in [-0.3, -0.25) is 5.32 Å². The van der Waals surface area contributed by atoms with E-state index in [2.05, 4.69) is 106 Å². The monoisotopic (exact) mass is 716 g/mol. The zero-order valence-electron chi connectivity index (χ0n) is 33.5. The first-order chi connectivity index (χ1) is 22.8. The molecule has 1 atom stereocenters. The van der Waals surface area contributed by atoms with Crippen molar-refractivity contribution in [2.45, 2.75) is 66.2 Å². The summed E-state index contributed by atoms with van der Waals surface area (Å²) in [6.07, 6.45) is -0.509. The van der Waals surface area contributed by atoms with E-state index in [1.54, 1.807) is 14.2 Å². The number of nitrogens with two attached hydrogens (primary N) is 1. The first-order valence-corrected chi connectivity index (χ1v) is 17.2. The molecule has 12 nitrogen and oxygen atoms in total. The second-order valence-corrected chi connectivity index (χ2v) is 13.9. The molecule has 0 saturated heterocycles. The van der Waals surface area contributed by atoms with Crippen molar-refractivity contribution in [3.63, 3.8) is 0 Å². The standard InChI is InChI=1S/C20H36N4O3.C15H28N4O.BH2P.B/c1-14(2)21-15-12-16(22-19(25)27-20(3,4)5)18(26-9)13-17(15)24(8)11-10-23(6)7;1-11(2)17-13-9-12(16)15(20-6)10-14(13)19(5)8-7-18(3)4;1-2;/h12-14,21H,10-11H2,1-9H3,(H,22,25);9-11,17H,7-8,16H2,1-6H3;2H2;. The SMILES string of the molecule is COc1cc(N(C)CCN(C)C)c(NC(C)C)cc1N.COc1cc(N(C)CCN(C)C)c(NC(C)C)cc1NC(=O)OC(C)(C)C.[B].[B]P. The summed E-state index contributed by atoms with van der Waals surface area (Å²) in [4.78, 5) is 20.9. The van der Waals surface area contributed by atoms with E-state index in [1.165, 1.54) is 0 Å². The highest BCUT2D eigenvalue weighted by Crippen LogP contribution is 2.38. The summed E-state index contributed by atoms with van der Waals surface area (Å²) >= 11 is 0. The summed E-state index contributed by atoms with van der Waals surface area (Å²) in [6, 6.07) is 8.37. The van der Waals surface area contributed by atoms with Crippen molar-refractivity contribution in [1.29, 1.82) is 0 Å². The van der Waals surface area contributed by atoms with E-state index in [4.69, 9.17) is 19.9 Å². The molecule has 50 heavy (non-hydrogen) atoms. The molecule has 5 N–H and O–H groups in total. The molecular formula is C35H66B2N8O4P. The number of benzene rings is 2. The lowest BCUT2D eigenvalue weighted by Crippen LogP contribution is -2.29. The zero-order valence-corrected chi connectivity index (χ0v) is 34.7. The number of likely N-dealkylation sites (N-methyl/N-ethyl adjacent to an activating group) is 4. The number of nitrogen functional groups attached to an aromatic ring is 1. The quantitative estimate of drug-likeness (QED) is 0.106. The third kappa shape index (κ3) is 18.7. The summed E-state index contributed by atoms with van der Waals surface area (Å²) in [5.41, 5.74) is 10.7. The van der Waals surface area contributed by atoms with Gasteiger partial charge in [-0.2, -0.15) is 9.12 Å². The van der Waals surface area contributed by atoms with E-state index in [0.717, 1.165) is 48.9 Å². The van der Waals surface area contributed by atoms with Crippen molar-refractivity contribution in [1.82, 2.24) is 9.80 Å². The van der Waals surface area contributed by atoms with Crippen LogP contribution < -0.4 is 41.0 Å². The summed E-state index contributed by atoms with van der Waals surface area (Å²) < 4.78 is 16.2. The predicted molar refractivity (Wildman–Crippen MR) is 223 cm³/mol. The van der Waals surface area contributed by atoms with Gasteiger partial charge in [-0.15, -0.1) is 0 Å². The molecule has 5 radical (unpaired) electrons. The van der Waals surface area contributed by atoms with Gasteiger partial charge in [0.2, 0.25) is 0 Å². The summed E-state index contributed by atoms with van der Waals surface area (Å²) in [5, 5.41) is 9.69. The second-order valence-electron chi connectivity index (χ2n) is 13.9. The van der Waals surface area contributed by atoms with Crippen molar-refractivity contribution in [2.24, 2.45) is 0 Å². The van der Waals surface area contributed by atoms with Gasteiger partial charge in [0.1, 0.15) is 17.1 Å². The normalized spacial score (nSPS) is 10.7. The number of hydrogen-bond donors (Lipinski definition) is 4. The molecule has 0 aromatic heterocycles. The van der Waals surface area contributed by atoms with Crippen LogP contribution in [0.4, 0.5) is 38.9 Å². The van der Waals surface area contributed by atoms with Crippen LogP contribution in [0.1, 0.15) is 48.5 Å². The van der Waals surface area contributed by atoms with Crippen LogP contribution in [0.3, 0.4) is 0 Å². The topological polar surface area (TPSA) is 120 Å². The van der Waals surface area contributed by atoms with Gasteiger partial charge < -0.3 is 50.2 Å². The van der Waals surface area contributed by atoms with E-state index in [1.807, 2.05) is 61.2 Å². The Morgan fingerprint density at radius 3 is 1.50 bits per heavy atom. The van der Waals surface area contributed by atoms with Crippen molar-refractivity contribution >= 4 is 65.3 Å². The molecule has 0 bridgehead atoms. The van der Waals surface area contributed by atoms with Gasteiger partial charge in [0, 0.05) is 72.9 Å². The van der Waals surface area contributed by atoms with Gasteiger partial charge in [-0.25, -0.2) is 4.79 Å². The van der Waals surface area contributed by atoms with E-state index >= 15 is 0 Å². The Kier molecular flexibility index (Phi) is 23.5. The largest absolute Gasteiger partial charge is 0.495 e. The summed E-state index contributed by atoms with van der Waals surface area (Å²) in [7, 11) is 21.9. The van der Waals surface area contributed by atoms with Crippen LogP contribution in [0.15, 0.2) is 24.3 Å². The number of hydrogen-bond acceptors (Lipinski definition) is 11.